The van der Waals surface area contributed by atoms with Gasteiger partial charge in [0.2, 0.25) is 47.3 Å². The maximum Gasteiger partial charge on any atom is 0.243 e. The van der Waals surface area contributed by atoms with E-state index in [9.17, 15) is 38.4 Å². The molecule has 2 aromatic carbocycles. The second-order valence-electron chi connectivity index (χ2n) is 16.7. The van der Waals surface area contributed by atoms with Crippen LogP contribution in [-0.4, -0.2) is 120 Å². The number of guanidine groups is 2. The Hall–Kier alpha value is -7.72. The second kappa shape index (κ2) is 28.5. The van der Waals surface area contributed by atoms with Gasteiger partial charge in [-0.3, -0.25) is 49.2 Å². The Morgan fingerprint density at radius 3 is 1.52 bits per heavy atom. The van der Waals surface area contributed by atoms with E-state index < -0.39 is 89.6 Å². The topological polar surface area (TPSA) is 386 Å². The number of carbonyl (C=O) groups excluding carboxylic acids is 8. The summed E-state index contributed by atoms with van der Waals surface area (Å²) in [6, 6.07) is 7.78. The highest BCUT2D eigenvalue weighted by atomic mass is 16.2. The van der Waals surface area contributed by atoms with Crippen molar-refractivity contribution in [1.29, 1.82) is 10.8 Å². The molecule has 3 rings (SSSR count). The average Bonchev–Trinajstić information content (AvgIpc) is 3.71. The first-order chi connectivity index (χ1) is 32.8. The van der Waals surface area contributed by atoms with Crippen molar-refractivity contribution in [2.45, 2.75) is 128 Å². The molecule has 0 aliphatic rings. The molecule has 69 heavy (non-hydrogen) atoms. The third-order valence-electron chi connectivity index (χ3n) is 11.0. The minimum absolute atomic E-state index is 0.00423. The van der Waals surface area contributed by atoms with Gasteiger partial charge in [-0.2, -0.15) is 0 Å². The van der Waals surface area contributed by atoms with Gasteiger partial charge in [0, 0.05) is 50.0 Å². The first kappa shape index (κ1) is 55.6. The molecule has 0 radical (unpaired) electrons. The Bertz CT molecular complexity index is 2250. The van der Waals surface area contributed by atoms with Gasteiger partial charge in [-0.25, -0.2) is 0 Å². The molecule has 0 saturated heterocycles. The molecule has 0 aliphatic carbocycles. The third-order valence-corrected chi connectivity index (χ3v) is 11.0. The molecule has 23 heteroatoms. The molecule has 18 N–H and O–H groups in total. The van der Waals surface area contributed by atoms with Crippen LogP contribution in [0.4, 0.5) is 0 Å². The molecule has 0 unspecified atom stereocenters. The molecule has 0 aliphatic heterocycles. The Morgan fingerprint density at radius 1 is 0.551 bits per heavy atom. The molecule has 1 heterocycles. The number of carbonyl (C=O) groups is 8. The number of para-hydroxylation sites is 1. The third kappa shape index (κ3) is 19.6. The lowest BCUT2D eigenvalue weighted by molar-refractivity contribution is -0.135. The molecule has 0 spiro atoms. The van der Waals surface area contributed by atoms with Crippen LogP contribution in [0.15, 0.2) is 60.8 Å². The van der Waals surface area contributed by atoms with E-state index in [2.05, 4.69) is 52.8 Å². The van der Waals surface area contributed by atoms with E-state index >= 15 is 0 Å². The van der Waals surface area contributed by atoms with Gasteiger partial charge in [0.05, 0.1) is 0 Å². The summed E-state index contributed by atoms with van der Waals surface area (Å²) in [5, 5.41) is 39.6. The highest BCUT2D eigenvalue weighted by Gasteiger charge is 2.33. The number of amides is 8. The number of fused-ring (bicyclic) bond motifs is 1. The molecule has 376 valence electrons. The van der Waals surface area contributed by atoms with Crippen LogP contribution in [0.2, 0.25) is 0 Å². The Labute approximate surface area is 401 Å². The van der Waals surface area contributed by atoms with Crippen LogP contribution in [0.3, 0.4) is 0 Å². The van der Waals surface area contributed by atoms with E-state index in [0.717, 1.165) is 22.9 Å². The lowest BCUT2D eigenvalue weighted by Crippen LogP contribution is -2.60. The Balaban J connectivity index is 1.84. The van der Waals surface area contributed by atoms with Crippen LogP contribution in [-0.2, 0) is 51.2 Å². The molecule has 0 saturated carbocycles. The average molecular weight is 960 g/mol. The molecule has 0 bridgehead atoms. The van der Waals surface area contributed by atoms with Crippen LogP contribution < -0.4 is 65.1 Å². The quantitative estimate of drug-likeness (QED) is 0.0217. The standard InChI is InChI=1S/C46H69N15O8/c1-5-6-17-33(57-28(4)62)41(66)55-26(2)39(64)58-35(20-13-22-53-46(50)51)43(68)61-37(23-29-14-8-7-9-15-29)44(69)59-34(19-12-21-52-45(48)49)42(67)56-27(3)40(65)60-36(38(47)63)24-30-25-54-32-18-11-10-16-31(30)32/h7-11,14-16,18,25-27,33-37,54H,5-6,12-13,17,19-24H2,1-4H3,(H2,47,63)(H,55,66)(H,56,67)(H,57,62)(H,58,64)(H,59,69)(H,60,65)(H,61,68)(H4,48,49,52)(H4,50,51,53)/t26-,27-,33-,34-,35-,36-,37+/m0/s1. The number of primary amides is 1. The van der Waals surface area contributed by atoms with Crippen molar-refractivity contribution in [3.05, 3.63) is 71.9 Å². The van der Waals surface area contributed by atoms with Gasteiger partial charge in [-0.15, -0.1) is 0 Å². The summed E-state index contributed by atoms with van der Waals surface area (Å²) >= 11 is 0. The van der Waals surface area contributed by atoms with Gasteiger partial charge in [-0.1, -0.05) is 68.3 Å². The monoisotopic (exact) mass is 960 g/mol. The summed E-state index contributed by atoms with van der Waals surface area (Å²) in [6.45, 7) is 6.32. The summed E-state index contributed by atoms with van der Waals surface area (Å²) in [6.07, 6.45) is 3.87. The Kier molecular flexibility index (Phi) is 22.9. The number of aromatic amines is 1. The molecular formula is C46H69N15O8. The maximum absolute atomic E-state index is 14.3. The number of nitrogens with one attached hydrogen (secondary N) is 12. The predicted octanol–water partition coefficient (Wildman–Crippen LogP) is -1.39. The van der Waals surface area contributed by atoms with Crippen molar-refractivity contribution in [2.24, 2.45) is 17.2 Å². The molecular weight excluding hydrogens is 891 g/mol. The maximum atomic E-state index is 14.3. The number of aromatic nitrogens is 1. The van der Waals surface area contributed by atoms with E-state index in [-0.39, 0.29) is 63.5 Å². The molecule has 0 fully saturated rings. The van der Waals surface area contributed by atoms with Crippen molar-refractivity contribution < 1.29 is 38.4 Å². The van der Waals surface area contributed by atoms with Crippen LogP contribution in [0.5, 0.6) is 0 Å². The van der Waals surface area contributed by atoms with Crippen LogP contribution in [0, 0.1) is 10.8 Å². The molecule has 8 amide bonds. The van der Waals surface area contributed by atoms with Gasteiger partial charge in [0.25, 0.3) is 0 Å². The fourth-order valence-electron chi connectivity index (χ4n) is 7.22. The van der Waals surface area contributed by atoms with E-state index in [1.807, 2.05) is 31.2 Å². The summed E-state index contributed by atoms with van der Waals surface area (Å²) < 4.78 is 0. The molecule has 23 nitrogen and oxygen atoms in total. The fraction of sp³-hybridized carbons (Fsp3) is 0.478. The SMILES string of the molecule is CCCC[C@H](NC(C)=O)C(=O)N[C@@H](C)C(=O)N[C@@H](CCCNC(=N)N)C(=O)N[C@H](Cc1ccccc1)C(=O)N[C@@H](CCCNC(=N)N)C(=O)N[C@@H](C)C(=O)N[C@@H](Cc1c[nH]c2ccccc12)C(N)=O. The highest BCUT2D eigenvalue weighted by Crippen LogP contribution is 2.19. The zero-order valence-corrected chi connectivity index (χ0v) is 39.6. The smallest absolute Gasteiger partial charge is 0.243 e. The van der Waals surface area contributed by atoms with Gasteiger partial charge >= 0.3 is 0 Å². The summed E-state index contributed by atoms with van der Waals surface area (Å²) in [5.41, 5.74) is 18.8. The van der Waals surface area contributed by atoms with Gasteiger partial charge in [-0.05, 0) is 63.1 Å². The highest BCUT2D eigenvalue weighted by molar-refractivity contribution is 5.97. The first-order valence-corrected chi connectivity index (χ1v) is 22.9. The van der Waals surface area contributed by atoms with Crippen molar-refractivity contribution in [3.8, 4) is 0 Å². The van der Waals surface area contributed by atoms with E-state index in [0.29, 0.717) is 18.4 Å². The minimum atomic E-state index is -1.34. The first-order valence-electron chi connectivity index (χ1n) is 22.9. The largest absolute Gasteiger partial charge is 0.370 e. The number of hydrogen-bond acceptors (Lipinski definition) is 10. The predicted molar refractivity (Wildman–Crippen MR) is 260 cm³/mol. The number of hydrogen-bond donors (Lipinski definition) is 15. The zero-order valence-electron chi connectivity index (χ0n) is 39.6. The van der Waals surface area contributed by atoms with Gasteiger partial charge in [0.1, 0.15) is 42.3 Å². The number of H-pyrrole nitrogens is 1. The second-order valence-corrected chi connectivity index (χ2v) is 16.7. The van der Waals surface area contributed by atoms with Crippen LogP contribution in [0.1, 0.15) is 83.8 Å². The van der Waals surface area contributed by atoms with Crippen molar-refractivity contribution in [2.75, 3.05) is 13.1 Å². The van der Waals surface area contributed by atoms with Gasteiger partial charge in [0.15, 0.2) is 11.9 Å². The Morgan fingerprint density at radius 2 is 1.00 bits per heavy atom. The minimum Gasteiger partial charge on any atom is -0.370 e. The van der Waals surface area contributed by atoms with Crippen molar-refractivity contribution >= 4 is 70.1 Å². The molecule has 1 aromatic heterocycles. The lowest BCUT2D eigenvalue weighted by Gasteiger charge is -2.27. The van der Waals surface area contributed by atoms with E-state index in [1.165, 1.54) is 20.8 Å². The van der Waals surface area contributed by atoms with Gasteiger partial charge < -0.3 is 70.0 Å². The van der Waals surface area contributed by atoms with Crippen molar-refractivity contribution in [1.82, 2.24) is 52.8 Å². The number of nitrogens with two attached hydrogens (primary N) is 3. The fourth-order valence-corrected chi connectivity index (χ4v) is 7.22. The summed E-state index contributed by atoms with van der Waals surface area (Å²) in [4.78, 5) is 110. The molecule has 3 aromatic rings. The summed E-state index contributed by atoms with van der Waals surface area (Å²) in [7, 11) is 0. The lowest BCUT2D eigenvalue weighted by atomic mass is 10.0. The number of benzene rings is 2. The zero-order chi connectivity index (χ0) is 51.0. The van der Waals surface area contributed by atoms with E-state index in [1.54, 1.807) is 36.5 Å². The number of unbranched alkanes of at least 4 members (excludes halogenated alkanes) is 1. The normalized spacial score (nSPS) is 13.9. The van der Waals surface area contributed by atoms with Crippen molar-refractivity contribution in [3.63, 3.8) is 0 Å². The van der Waals surface area contributed by atoms with Crippen LogP contribution >= 0.6 is 0 Å². The van der Waals surface area contributed by atoms with E-state index in [4.69, 9.17) is 28.0 Å². The number of rotatable bonds is 29. The molecule has 7 atom stereocenters. The summed E-state index contributed by atoms with van der Waals surface area (Å²) in [5.74, 6) is -6.26. The van der Waals surface area contributed by atoms with Crippen LogP contribution in [0.25, 0.3) is 10.9 Å².